The second-order valence-electron chi connectivity index (χ2n) is 7.80. The Bertz CT molecular complexity index is 906. The van der Waals surface area contributed by atoms with Crippen LogP contribution >= 0.6 is 0 Å². The van der Waals surface area contributed by atoms with E-state index in [0.717, 1.165) is 0 Å². The summed E-state index contributed by atoms with van der Waals surface area (Å²) >= 11 is 0. The molecule has 32 heavy (non-hydrogen) atoms. The van der Waals surface area contributed by atoms with Crippen LogP contribution in [0.25, 0.3) is 0 Å². The van der Waals surface area contributed by atoms with Gasteiger partial charge < -0.3 is 19.1 Å². The average Bonchev–Trinajstić information content (AvgIpc) is 2.80. The lowest BCUT2D eigenvalue weighted by Crippen LogP contribution is -2.47. The van der Waals surface area contributed by atoms with Gasteiger partial charge in [0.05, 0.1) is 25.0 Å². The number of piperidine rings is 1. The molecule has 178 valence electrons. The Kier molecular flexibility index (Phi) is 9.02. The molecular weight excluding hydrogens is 440 g/mol. The van der Waals surface area contributed by atoms with E-state index in [4.69, 9.17) is 14.2 Å². The van der Waals surface area contributed by atoms with Gasteiger partial charge in [-0.1, -0.05) is 13.8 Å². The van der Waals surface area contributed by atoms with E-state index in [1.807, 2.05) is 0 Å². The summed E-state index contributed by atoms with van der Waals surface area (Å²) in [6, 6.07) is 4.56. The van der Waals surface area contributed by atoms with Gasteiger partial charge in [0.25, 0.3) is 5.91 Å². The van der Waals surface area contributed by atoms with E-state index in [1.165, 1.54) is 43.4 Å². The van der Waals surface area contributed by atoms with Crippen LogP contribution in [-0.4, -0.2) is 71.1 Å². The average molecular weight is 471 g/mol. The molecule has 1 aliphatic rings. The van der Waals surface area contributed by atoms with Crippen LogP contribution in [0.15, 0.2) is 29.2 Å². The molecule has 0 aromatic heterocycles. The monoisotopic (exact) mass is 470 g/mol. The Morgan fingerprint density at radius 3 is 2.19 bits per heavy atom. The third-order valence-electron chi connectivity index (χ3n) is 5.29. The number of methoxy groups -OCH3 is 2. The van der Waals surface area contributed by atoms with Crippen molar-refractivity contribution in [3.8, 4) is 5.75 Å². The van der Waals surface area contributed by atoms with Crippen molar-refractivity contribution < 1.29 is 37.0 Å². The molecule has 1 atom stereocenters. The third-order valence-corrected chi connectivity index (χ3v) is 6.75. The van der Waals surface area contributed by atoms with Crippen LogP contribution in [0, 0.1) is 11.8 Å². The van der Waals surface area contributed by atoms with Crippen molar-refractivity contribution in [3.63, 3.8) is 0 Å². The molecule has 1 aliphatic heterocycles. The molecular formula is C21H30N2O8S. The Morgan fingerprint density at radius 2 is 1.69 bits per heavy atom. The number of rotatable bonds is 9. The second-order valence-corrected chi connectivity index (χ2v) is 9.52. The maximum atomic E-state index is 12.7. The molecule has 1 aromatic rings. The first kappa shape index (κ1) is 25.6. The lowest BCUT2D eigenvalue weighted by molar-refractivity contribution is -0.155. The van der Waals surface area contributed by atoms with Gasteiger partial charge in [0.2, 0.25) is 10.0 Å². The molecule has 1 unspecified atom stereocenters. The van der Waals surface area contributed by atoms with Crippen molar-refractivity contribution in [1.29, 1.82) is 0 Å². The second kappa shape index (κ2) is 11.3. The molecule has 0 radical (unpaired) electrons. The highest BCUT2D eigenvalue weighted by Gasteiger charge is 2.32. The standard InChI is InChI=1S/C21H30N2O8S/c1-14(2)19(22-32(27,28)17-7-5-16(29-3)6-8-17)21(26)31-13-18(24)23-11-9-15(10-12-23)20(25)30-4/h5-8,14-15,19,22H,9-13H2,1-4H3. The number of amides is 1. The lowest BCUT2D eigenvalue weighted by atomic mass is 9.97. The highest BCUT2D eigenvalue weighted by atomic mass is 32.2. The number of esters is 2. The van der Waals surface area contributed by atoms with Crippen LogP contribution < -0.4 is 9.46 Å². The molecule has 0 saturated carbocycles. The van der Waals surface area contributed by atoms with Gasteiger partial charge in [0, 0.05) is 13.1 Å². The fourth-order valence-electron chi connectivity index (χ4n) is 3.29. The normalized spacial score (nSPS) is 15.8. The lowest BCUT2D eigenvalue weighted by Gasteiger charge is -2.30. The molecule has 1 amide bonds. The predicted octanol–water partition coefficient (Wildman–Crippen LogP) is 0.953. The molecule has 2 rings (SSSR count). The van der Waals surface area contributed by atoms with Crippen LogP contribution in [-0.2, 0) is 33.9 Å². The van der Waals surface area contributed by atoms with E-state index in [2.05, 4.69) is 4.72 Å². The Morgan fingerprint density at radius 1 is 1.09 bits per heavy atom. The summed E-state index contributed by atoms with van der Waals surface area (Å²) in [6.07, 6.45) is 0.950. The first-order valence-corrected chi connectivity index (χ1v) is 11.8. The van der Waals surface area contributed by atoms with Crippen LogP contribution in [0.1, 0.15) is 26.7 Å². The van der Waals surface area contributed by atoms with Crippen LogP contribution in [0.4, 0.5) is 0 Å². The zero-order valence-electron chi connectivity index (χ0n) is 18.7. The first-order valence-electron chi connectivity index (χ1n) is 10.3. The van der Waals surface area contributed by atoms with Crippen molar-refractivity contribution in [3.05, 3.63) is 24.3 Å². The Balaban J connectivity index is 1.94. The molecule has 1 N–H and O–H groups in total. The van der Waals surface area contributed by atoms with Crippen molar-refractivity contribution in [1.82, 2.24) is 9.62 Å². The number of benzene rings is 1. The number of nitrogens with one attached hydrogen (secondary N) is 1. The largest absolute Gasteiger partial charge is 0.497 e. The molecule has 10 nitrogen and oxygen atoms in total. The van der Waals surface area contributed by atoms with Crippen molar-refractivity contribution in [2.24, 2.45) is 11.8 Å². The van der Waals surface area contributed by atoms with Crippen molar-refractivity contribution in [2.45, 2.75) is 37.6 Å². The predicted molar refractivity (Wildman–Crippen MR) is 114 cm³/mol. The van der Waals surface area contributed by atoms with Gasteiger partial charge >= 0.3 is 11.9 Å². The summed E-state index contributed by atoms with van der Waals surface area (Å²) in [5.74, 6) is -1.70. The summed E-state index contributed by atoms with van der Waals surface area (Å²) in [7, 11) is -1.20. The van der Waals surface area contributed by atoms with Gasteiger partial charge in [0.1, 0.15) is 11.8 Å². The number of likely N-dealkylation sites (tertiary alicyclic amines) is 1. The number of hydrogen-bond donors (Lipinski definition) is 1. The van der Waals surface area contributed by atoms with E-state index in [1.54, 1.807) is 13.8 Å². The zero-order valence-corrected chi connectivity index (χ0v) is 19.5. The van der Waals surface area contributed by atoms with Gasteiger partial charge in [-0.2, -0.15) is 4.72 Å². The molecule has 1 heterocycles. The number of sulfonamides is 1. The van der Waals surface area contributed by atoms with Gasteiger partial charge in [-0.25, -0.2) is 8.42 Å². The third kappa shape index (κ3) is 6.67. The fraction of sp³-hybridized carbons (Fsp3) is 0.571. The van der Waals surface area contributed by atoms with Crippen LogP contribution in [0.2, 0.25) is 0 Å². The van der Waals surface area contributed by atoms with Crippen LogP contribution in [0.5, 0.6) is 5.75 Å². The minimum absolute atomic E-state index is 0.0266. The highest BCUT2D eigenvalue weighted by molar-refractivity contribution is 7.89. The van der Waals surface area contributed by atoms with Crippen LogP contribution in [0.3, 0.4) is 0 Å². The first-order chi connectivity index (χ1) is 15.1. The quantitative estimate of drug-likeness (QED) is 0.529. The molecule has 0 aliphatic carbocycles. The zero-order chi connectivity index (χ0) is 23.9. The number of hydrogen-bond acceptors (Lipinski definition) is 8. The summed E-state index contributed by atoms with van der Waals surface area (Å²) in [5, 5.41) is 0. The molecule has 11 heteroatoms. The summed E-state index contributed by atoms with van der Waals surface area (Å²) < 4.78 is 42.6. The van der Waals surface area contributed by atoms with Crippen molar-refractivity contribution >= 4 is 27.9 Å². The Labute approximate surface area is 188 Å². The molecule has 1 fully saturated rings. The van der Waals surface area contributed by atoms with Gasteiger partial charge in [-0.15, -0.1) is 0 Å². The maximum Gasteiger partial charge on any atom is 0.324 e. The smallest absolute Gasteiger partial charge is 0.324 e. The fourth-order valence-corrected chi connectivity index (χ4v) is 4.62. The van der Waals surface area contributed by atoms with E-state index in [9.17, 15) is 22.8 Å². The van der Waals surface area contributed by atoms with Crippen molar-refractivity contribution in [2.75, 3.05) is 33.9 Å². The number of nitrogens with zero attached hydrogens (tertiary/aromatic N) is 1. The molecule has 1 saturated heterocycles. The minimum atomic E-state index is -4.00. The number of carbonyl (C=O) groups is 3. The topological polar surface area (TPSA) is 128 Å². The van der Waals surface area contributed by atoms with E-state index < -0.39 is 40.5 Å². The van der Waals surface area contributed by atoms with E-state index in [0.29, 0.717) is 31.7 Å². The summed E-state index contributed by atoms with van der Waals surface area (Å²) in [5.41, 5.74) is 0. The minimum Gasteiger partial charge on any atom is -0.497 e. The molecule has 0 spiro atoms. The maximum absolute atomic E-state index is 12.7. The van der Waals surface area contributed by atoms with Gasteiger partial charge in [-0.05, 0) is 43.0 Å². The Hall–Kier alpha value is -2.66. The highest BCUT2D eigenvalue weighted by Crippen LogP contribution is 2.19. The van der Waals surface area contributed by atoms with E-state index >= 15 is 0 Å². The summed E-state index contributed by atoms with van der Waals surface area (Å²) in [6.45, 7) is 3.54. The number of ether oxygens (including phenoxy) is 3. The van der Waals surface area contributed by atoms with Gasteiger partial charge in [-0.3, -0.25) is 14.4 Å². The number of carbonyl (C=O) groups excluding carboxylic acids is 3. The summed E-state index contributed by atoms with van der Waals surface area (Å²) in [4.78, 5) is 38.0. The SMILES string of the molecule is COC(=O)C1CCN(C(=O)COC(=O)C(NS(=O)(=O)c2ccc(OC)cc2)C(C)C)CC1. The molecule has 1 aromatic carbocycles. The van der Waals surface area contributed by atoms with E-state index in [-0.39, 0.29) is 16.8 Å². The molecule has 0 bridgehead atoms. The van der Waals surface area contributed by atoms with Gasteiger partial charge in [0.15, 0.2) is 6.61 Å².